The van der Waals surface area contributed by atoms with Gasteiger partial charge in [0.15, 0.2) is 0 Å². The third kappa shape index (κ3) is 2.02. The smallest absolute Gasteiger partial charge is 0.0894 e. The van der Waals surface area contributed by atoms with E-state index in [0.29, 0.717) is 0 Å². The molecule has 2 heteroatoms. The van der Waals surface area contributed by atoms with Crippen LogP contribution >= 0.6 is 0 Å². The lowest BCUT2D eigenvalue weighted by Gasteiger charge is -2.49. The third-order valence-electron chi connectivity index (χ3n) is 5.24. The first-order valence-electron chi connectivity index (χ1n) is 7.77. The minimum atomic E-state index is 0.0409. The molecule has 0 bridgehead atoms. The van der Waals surface area contributed by atoms with Gasteiger partial charge in [0.1, 0.15) is 0 Å². The predicted molar refractivity (Wildman–Crippen MR) is 76.4 cm³/mol. The normalized spacial score (nSPS) is 27.6. The first kappa shape index (κ1) is 11.9. The van der Waals surface area contributed by atoms with Crippen LogP contribution in [-0.2, 0) is 17.6 Å². The van der Waals surface area contributed by atoms with E-state index in [-0.39, 0.29) is 11.2 Å². The summed E-state index contributed by atoms with van der Waals surface area (Å²) in [7, 11) is 0. The molecule has 19 heavy (non-hydrogen) atoms. The molecule has 1 saturated heterocycles. The SMILES string of the molecule is c1ccc2c(c1)CC1(CNCC3(CCCCC3)O1)C2. The van der Waals surface area contributed by atoms with Gasteiger partial charge in [-0.1, -0.05) is 43.5 Å². The number of hydrogen-bond acceptors (Lipinski definition) is 2. The number of rotatable bonds is 0. The van der Waals surface area contributed by atoms with Crippen LogP contribution in [0.4, 0.5) is 0 Å². The standard InChI is InChI=1S/C17H23NO/c1-4-8-16(9-5-1)12-18-13-17(19-16)10-14-6-2-3-7-15(14)11-17/h2-3,6-7,18H,1,4-5,8-13H2. The predicted octanol–water partition coefficient (Wildman–Crippen LogP) is 2.85. The average molecular weight is 257 g/mol. The fourth-order valence-corrected chi connectivity index (χ4v) is 4.38. The van der Waals surface area contributed by atoms with Gasteiger partial charge in [-0.25, -0.2) is 0 Å². The molecule has 1 N–H and O–H groups in total. The van der Waals surface area contributed by atoms with Crippen molar-refractivity contribution in [3.63, 3.8) is 0 Å². The second kappa shape index (κ2) is 4.32. The Labute approximate surface area is 115 Å². The highest BCUT2D eigenvalue weighted by molar-refractivity contribution is 5.36. The number of ether oxygens (including phenoxy) is 1. The molecular formula is C17H23NO. The van der Waals surface area contributed by atoms with Crippen molar-refractivity contribution in [3.05, 3.63) is 35.4 Å². The zero-order valence-electron chi connectivity index (χ0n) is 11.6. The first-order valence-corrected chi connectivity index (χ1v) is 7.77. The van der Waals surface area contributed by atoms with Crippen LogP contribution in [0.15, 0.2) is 24.3 Å². The van der Waals surface area contributed by atoms with E-state index in [1.54, 1.807) is 0 Å². The highest BCUT2D eigenvalue weighted by Crippen LogP contribution is 2.42. The van der Waals surface area contributed by atoms with Crippen LogP contribution in [0.3, 0.4) is 0 Å². The molecule has 1 saturated carbocycles. The van der Waals surface area contributed by atoms with E-state index in [1.807, 2.05) is 0 Å². The minimum absolute atomic E-state index is 0.0409. The summed E-state index contributed by atoms with van der Waals surface area (Å²) >= 11 is 0. The second-order valence-corrected chi connectivity index (χ2v) is 6.75. The molecule has 0 amide bonds. The van der Waals surface area contributed by atoms with E-state index < -0.39 is 0 Å². The molecule has 102 valence electrons. The molecule has 1 aliphatic heterocycles. The van der Waals surface area contributed by atoms with Crippen LogP contribution in [0.1, 0.15) is 43.2 Å². The topological polar surface area (TPSA) is 21.3 Å². The summed E-state index contributed by atoms with van der Waals surface area (Å²) < 4.78 is 6.78. The zero-order valence-corrected chi connectivity index (χ0v) is 11.6. The Morgan fingerprint density at radius 1 is 0.842 bits per heavy atom. The number of nitrogens with one attached hydrogen (secondary N) is 1. The first-order chi connectivity index (χ1) is 9.29. The maximum Gasteiger partial charge on any atom is 0.0894 e. The van der Waals surface area contributed by atoms with Crippen molar-refractivity contribution in [1.29, 1.82) is 0 Å². The molecule has 0 aromatic heterocycles. The van der Waals surface area contributed by atoms with Crippen LogP contribution < -0.4 is 5.32 Å². The molecule has 2 aliphatic carbocycles. The minimum Gasteiger partial charge on any atom is -0.365 e. The van der Waals surface area contributed by atoms with Gasteiger partial charge in [-0.05, 0) is 24.0 Å². The largest absolute Gasteiger partial charge is 0.365 e. The number of hydrogen-bond donors (Lipinski definition) is 1. The molecule has 1 heterocycles. The number of morpholine rings is 1. The molecule has 2 fully saturated rings. The van der Waals surface area contributed by atoms with Crippen LogP contribution in [0, 0.1) is 0 Å². The van der Waals surface area contributed by atoms with Crippen molar-refractivity contribution in [3.8, 4) is 0 Å². The quantitative estimate of drug-likeness (QED) is 0.771. The van der Waals surface area contributed by atoms with E-state index in [0.717, 1.165) is 25.9 Å². The van der Waals surface area contributed by atoms with Gasteiger partial charge in [0.25, 0.3) is 0 Å². The molecule has 0 atom stereocenters. The van der Waals surface area contributed by atoms with Crippen molar-refractivity contribution >= 4 is 0 Å². The molecule has 2 spiro atoms. The van der Waals surface area contributed by atoms with Gasteiger partial charge in [-0.2, -0.15) is 0 Å². The molecule has 0 radical (unpaired) electrons. The summed E-state index contributed by atoms with van der Waals surface area (Å²) in [5.74, 6) is 0. The van der Waals surface area contributed by atoms with Crippen LogP contribution in [0.2, 0.25) is 0 Å². The van der Waals surface area contributed by atoms with Crippen LogP contribution in [-0.4, -0.2) is 24.3 Å². The fraction of sp³-hybridized carbons (Fsp3) is 0.647. The van der Waals surface area contributed by atoms with Gasteiger partial charge in [0, 0.05) is 25.9 Å². The Morgan fingerprint density at radius 2 is 1.47 bits per heavy atom. The summed E-state index contributed by atoms with van der Waals surface area (Å²) in [5.41, 5.74) is 3.17. The lowest BCUT2D eigenvalue weighted by Crippen LogP contribution is -2.61. The van der Waals surface area contributed by atoms with Crippen LogP contribution in [0.25, 0.3) is 0 Å². The molecule has 3 aliphatic rings. The van der Waals surface area contributed by atoms with Crippen molar-refractivity contribution in [2.45, 2.75) is 56.1 Å². The highest BCUT2D eigenvalue weighted by atomic mass is 16.5. The summed E-state index contributed by atoms with van der Waals surface area (Å²) in [4.78, 5) is 0. The molecular weight excluding hydrogens is 234 g/mol. The maximum absolute atomic E-state index is 6.78. The highest BCUT2D eigenvalue weighted by Gasteiger charge is 2.48. The van der Waals surface area contributed by atoms with Gasteiger partial charge in [-0.3, -0.25) is 0 Å². The van der Waals surface area contributed by atoms with Crippen molar-refractivity contribution in [1.82, 2.24) is 5.32 Å². The van der Waals surface area contributed by atoms with Gasteiger partial charge in [0.2, 0.25) is 0 Å². The van der Waals surface area contributed by atoms with Gasteiger partial charge in [-0.15, -0.1) is 0 Å². The Balaban J connectivity index is 1.59. The van der Waals surface area contributed by atoms with Crippen molar-refractivity contribution < 1.29 is 4.74 Å². The Hall–Kier alpha value is -0.860. The van der Waals surface area contributed by atoms with E-state index in [4.69, 9.17) is 4.74 Å². The summed E-state index contributed by atoms with van der Waals surface area (Å²) in [5, 5.41) is 3.69. The van der Waals surface area contributed by atoms with Gasteiger partial charge < -0.3 is 10.1 Å². The van der Waals surface area contributed by atoms with Crippen molar-refractivity contribution in [2.24, 2.45) is 0 Å². The molecule has 1 aromatic carbocycles. The monoisotopic (exact) mass is 257 g/mol. The van der Waals surface area contributed by atoms with Crippen LogP contribution in [0.5, 0.6) is 0 Å². The van der Waals surface area contributed by atoms with Crippen molar-refractivity contribution in [2.75, 3.05) is 13.1 Å². The number of fused-ring (bicyclic) bond motifs is 1. The lowest BCUT2D eigenvalue weighted by atomic mass is 9.81. The lowest BCUT2D eigenvalue weighted by molar-refractivity contribution is -0.186. The van der Waals surface area contributed by atoms with E-state index in [1.165, 1.54) is 43.2 Å². The maximum atomic E-state index is 6.78. The van der Waals surface area contributed by atoms with Gasteiger partial charge >= 0.3 is 0 Å². The summed E-state index contributed by atoms with van der Waals surface area (Å²) in [6.45, 7) is 2.08. The summed E-state index contributed by atoms with van der Waals surface area (Å²) in [6, 6.07) is 8.86. The third-order valence-corrected chi connectivity index (χ3v) is 5.24. The Bertz CT molecular complexity index is 445. The molecule has 0 unspecified atom stereocenters. The molecule has 1 aromatic rings. The summed E-state index contributed by atoms with van der Waals surface area (Å²) in [6.07, 6.45) is 8.75. The fourth-order valence-electron chi connectivity index (χ4n) is 4.38. The zero-order chi connectivity index (χ0) is 12.8. The van der Waals surface area contributed by atoms with Gasteiger partial charge in [0.05, 0.1) is 11.2 Å². The molecule has 2 nitrogen and oxygen atoms in total. The van der Waals surface area contributed by atoms with E-state index >= 15 is 0 Å². The van der Waals surface area contributed by atoms with E-state index in [9.17, 15) is 0 Å². The van der Waals surface area contributed by atoms with E-state index in [2.05, 4.69) is 29.6 Å². The number of benzene rings is 1. The second-order valence-electron chi connectivity index (χ2n) is 6.75. The average Bonchev–Trinajstić information content (AvgIpc) is 2.76. The Morgan fingerprint density at radius 3 is 2.16 bits per heavy atom. The molecule has 4 rings (SSSR count). The Kier molecular flexibility index (Phi) is 2.71.